The summed E-state index contributed by atoms with van der Waals surface area (Å²) < 4.78 is 0.991. The zero-order chi connectivity index (χ0) is 12.4. The molecule has 0 radical (unpaired) electrons. The van der Waals surface area contributed by atoms with Crippen LogP contribution in [0.1, 0.15) is 11.3 Å². The van der Waals surface area contributed by atoms with Gasteiger partial charge in [0.05, 0.1) is 11.4 Å². The minimum absolute atomic E-state index is 0.643. The van der Waals surface area contributed by atoms with Crippen LogP contribution in [0.4, 0.5) is 17.2 Å². The third-order valence-electron chi connectivity index (χ3n) is 2.44. The zero-order valence-electron chi connectivity index (χ0n) is 9.79. The smallest absolute Gasteiger partial charge is 0.153 e. The van der Waals surface area contributed by atoms with Crippen LogP contribution in [0.15, 0.2) is 34.8 Å². The molecule has 2 aromatic rings. The van der Waals surface area contributed by atoms with Crippen molar-refractivity contribution in [3.63, 3.8) is 0 Å². The summed E-state index contributed by atoms with van der Waals surface area (Å²) in [6, 6.07) is 9.85. The zero-order valence-corrected chi connectivity index (χ0v) is 11.4. The lowest BCUT2D eigenvalue weighted by atomic mass is 10.2. The van der Waals surface area contributed by atoms with Crippen molar-refractivity contribution in [3.8, 4) is 0 Å². The summed E-state index contributed by atoms with van der Waals surface area (Å²) in [5.41, 5.74) is 9.61. The highest BCUT2D eigenvalue weighted by atomic mass is 79.9. The van der Waals surface area contributed by atoms with Gasteiger partial charge in [0.15, 0.2) is 5.82 Å². The van der Waals surface area contributed by atoms with Crippen LogP contribution in [0.2, 0.25) is 0 Å². The Morgan fingerprint density at radius 3 is 2.71 bits per heavy atom. The largest absolute Gasteiger partial charge is 0.396 e. The van der Waals surface area contributed by atoms with Gasteiger partial charge in [-0.25, -0.2) is 4.98 Å². The first-order chi connectivity index (χ1) is 8.06. The number of hydrogen-bond acceptors (Lipinski definition) is 3. The van der Waals surface area contributed by atoms with Crippen molar-refractivity contribution in [1.29, 1.82) is 0 Å². The van der Waals surface area contributed by atoms with Crippen molar-refractivity contribution in [2.24, 2.45) is 0 Å². The molecule has 0 aliphatic heterocycles. The van der Waals surface area contributed by atoms with Gasteiger partial charge in [-0.15, -0.1) is 0 Å². The van der Waals surface area contributed by atoms with Crippen LogP contribution in [-0.2, 0) is 0 Å². The lowest BCUT2D eigenvalue weighted by Gasteiger charge is -2.11. The fourth-order valence-electron chi connectivity index (χ4n) is 1.53. The first-order valence-corrected chi connectivity index (χ1v) is 6.12. The first-order valence-electron chi connectivity index (χ1n) is 5.32. The molecule has 2 rings (SSSR count). The summed E-state index contributed by atoms with van der Waals surface area (Å²) in [4.78, 5) is 4.38. The summed E-state index contributed by atoms with van der Waals surface area (Å²) in [5.74, 6) is 0.691. The van der Waals surface area contributed by atoms with Crippen molar-refractivity contribution < 1.29 is 0 Å². The van der Waals surface area contributed by atoms with Gasteiger partial charge < -0.3 is 11.1 Å². The number of nitrogens with one attached hydrogen (secondary N) is 1. The molecule has 0 fully saturated rings. The van der Waals surface area contributed by atoms with Crippen molar-refractivity contribution in [1.82, 2.24) is 4.98 Å². The Morgan fingerprint density at radius 1 is 1.18 bits per heavy atom. The number of halogens is 1. The molecule has 17 heavy (non-hydrogen) atoms. The summed E-state index contributed by atoms with van der Waals surface area (Å²) in [7, 11) is 0. The van der Waals surface area contributed by atoms with Gasteiger partial charge in [0.1, 0.15) is 0 Å². The molecule has 1 heterocycles. The second-order valence-corrected chi connectivity index (χ2v) is 4.85. The van der Waals surface area contributed by atoms with E-state index in [0.29, 0.717) is 11.5 Å². The van der Waals surface area contributed by atoms with Gasteiger partial charge in [0.2, 0.25) is 0 Å². The highest BCUT2D eigenvalue weighted by Crippen LogP contribution is 2.28. The molecular weight excluding hydrogens is 278 g/mol. The van der Waals surface area contributed by atoms with E-state index in [4.69, 9.17) is 5.73 Å². The van der Waals surface area contributed by atoms with Crippen LogP contribution >= 0.6 is 15.9 Å². The average molecular weight is 292 g/mol. The van der Waals surface area contributed by atoms with Gasteiger partial charge in [-0.05, 0) is 59.6 Å². The number of benzene rings is 1. The highest BCUT2D eigenvalue weighted by Gasteiger charge is 2.05. The second kappa shape index (κ2) is 4.75. The number of anilines is 3. The second-order valence-electron chi connectivity index (χ2n) is 4.00. The molecule has 0 saturated carbocycles. The molecule has 0 atom stereocenters. The van der Waals surface area contributed by atoms with Gasteiger partial charge >= 0.3 is 0 Å². The maximum atomic E-state index is 5.89. The number of nitrogens with two attached hydrogens (primary N) is 1. The van der Waals surface area contributed by atoms with Gasteiger partial charge in [-0.2, -0.15) is 0 Å². The van der Waals surface area contributed by atoms with E-state index in [1.165, 1.54) is 5.56 Å². The lowest BCUT2D eigenvalue weighted by molar-refractivity contribution is 1.20. The molecule has 88 valence electrons. The first kappa shape index (κ1) is 11.9. The average Bonchev–Trinajstić information content (AvgIpc) is 2.28. The monoisotopic (exact) mass is 291 g/mol. The minimum atomic E-state index is 0.643. The van der Waals surface area contributed by atoms with E-state index < -0.39 is 0 Å². The molecule has 0 saturated heterocycles. The molecule has 0 unspecified atom stereocenters. The Kier molecular flexibility index (Phi) is 3.33. The molecule has 0 aliphatic rings. The van der Waals surface area contributed by atoms with Crippen LogP contribution in [-0.4, -0.2) is 4.98 Å². The molecular formula is C13H14BrN3. The number of hydrogen-bond donors (Lipinski definition) is 2. The van der Waals surface area contributed by atoms with Crippen LogP contribution in [0.3, 0.4) is 0 Å². The molecule has 1 aromatic carbocycles. The van der Waals surface area contributed by atoms with Gasteiger partial charge in [-0.1, -0.05) is 6.07 Å². The fourth-order valence-corrected chi connectivity index (χ4v) is 1.88. The number of pyridine rings is 1. The summed E-state index contributed by atoms with van der Waals surface area (Å²) in [6.45, 7) is 3.99. The third-order valence-corrected chi connectivity index (χ3v) is 3.13. The Balaban J connectivity index is 2.37. The van der Waals surface area contributed by atoms with Crippen molar-refractivity contribution >= 4 is 33.1 Å². The Bertz CT molecular complexity index is 503. The van der Waals surface area contributed by atoms with E-state index >= 15 is 0 Å². The van der Waals surface area contributed by atoms with Gasteiger partial charge in [-0.3, -0.25) is 0 Å². The van der Waals surface area contributed by atoms with Crippen LogP contribution in [0, 0.1) is 13.8 Å². The van der Waals surface area contributed by atoms with E-state index in [0.717, 1.165) is 15.9 Å². The number of aryl methyl sites for hydroxylation is 2. The molecule has 1 aromatic heterocycles. The predicted molar refractivity (Wildman–Crippen MR) is 75.5 cm³/mol. The van der Waals surface area contributed by atoms with E-state index in [1.54, 1.807) is 0 Å². The normalized spacial score (nSPS) is 10.3. The maximum Gasteiger partial charge on any atom is 0.153 e. The minimum Gasteiger partial charge on any atom is -0.396 e. The lowest BCUT2D eigenvalue weighted by Crippen LogP contribution is -2.00. The number of aromatic nitrogens is 1. The molecule has 0 bridgehead atoms. The van der Waals surface area contributed by atoms with Crippen LogP contribution < -0.4 is 11.1 Å². The molecule has 4 heteroatoms. The van der Waals surface area contributed by atoms with Crippen molar-refractivity contribution in [2.45, 2.75) is 13.8 Å². The molecule has 0 aliphatic carbocycles. The SMILES string of the molecule is Cc1ccc(Br)c(Nc2nc(C)ccc2N)c1. The molecule has 3 nitrogen and oxygen atoms in total. The Labute approximate surface area is 109 Å². The fraction of sp³-hybridized carbons (Fsp3) is 0.154. The van der Waals surface area contributed by atoms with Crippen molar-refractivity contribution in [3.05, 3.63) is 46.1 Å². The highest BCUT2D eigenvalue weighted by molar-refractivity contribution is 9.10. The van der Waals surface area contributed by atoms with Crippen LogP contribution in [0.5, 0.6) is 0 Å². The summed E-state index contributed by atoms with van der Waals surface area (Å²) >= 11 is 3.50. The maximum absolute atomic E-state index is 5.89. The van der Waals surface area contributed by atoms with E-state index in [9.17, 15) is 0 Å². The van der Waals surface area contributed by atoms with Crippen molar-refractivity contribution in [2.75, 3.05) is 11.1 Å². The molecule has 0 spiro atoms. The topological polar surface area (TPSA) is 50.9 Å². The Hall–Kier alpha value is -1.55. The van der Waals surface area contributed by atoms with Gasteiger partial charge in [0.25, 0.3) is 0 Å². The number of rotatable bonds is 2. The standard InChI is InChI=1S/C13H14BrN3/c1-8-3-5-10(14)12(7-8)17-13-11(15)6-4-9(2)16-13/h3-7H,15H2,1-2H3,(H,16,17). The number of nitrogens with zero attached hydrogens (tertiary/aromatic N) is 1. The van der Waals surface area contributed by atoms with E-state index in [-0.39, 0.29) is 0 Å². The Morgan fingerprint density at radius 2 is 1.94 bits per heavy atom. The molecule has 0 amide bonds. The summed E-state index contributed by atoms with van der Waals surface area (Å²) in [5, 5.41) is 3.24. The predicted octanol–water partition coefficient (Wildman–Crippen LogP) is 3.79. The van der Waals surface area contributed by atoms with Crippen LogP contribution in [0.25, 0.3) is 0 Å². The number of nitrogen functional groups attached to an aromatic ring is 1. The third kappa shape index (κ3) is 2.77. The van der Waals surface area contributed by atoms with E-state index in [1.807, 2.05) is 44.2 Å². The van der Waals surface area contributed by atoms with Gasteiger partial charge in [0, 0.05) is 10.2 Å². The quantitative estimate of drug-likeness (QED) is 0.885. The summed E-state index contributed by atoms with van der Waals surface area (Å²) in [6.07, 6.45) is 0. The van der Waals surface area contributed by atoms with E-state index in [2.05, 4.69) is 26.2 Å². The molecule has 3 N–H and O–H groups in total.